The molecule has 0 spiro atoms. The van der Waals surface area contributed by atoms with Gasteiger partial charge in [0, 0.05) is 12.7 Å². The lowest BCUT2D eigenvalue weighted by molar-refractivity contribution is 0.420. The number of aryl methyl sites for hydroxylation is 1. The Morgan fingerprint density at radius 1 is 1.25 bits per heavy atom. The lowest BCUT2D eigenvalue weighted by Gasteiger charge is -2.14. The number of anilines is 2. The molecular weight excluding hydrogens is 252 g/mol. The van der Waals surface area contributed by atoms with E-state index in [0.29, 0.717) is 11.9 Å². The van der Waals surface area contributed by atoms with Gasteiger partial charge in [0.2, 0.25) is 5.89 Å². The van der Waals surface area contributed by atoms with Crippen molar-refractivity contribution in [3.05, 3.63) is 35.7 Å². The van der Waals surface area contributed by atoms with Crippen molar-refractivity contribution in [1.29, 1.82) is 0 Å². The summed E-state index contributed by atoms with van der Waals surface area (Å²) < 4.78 is 5.73. The van der Waals surface area contributed by atoms with E-state index in [1.807, 2.05) is 31.0 Å². The molecule has 0 fully saturated rings. The molecule has 20 heavy (non-hydrogen) atoms. The second kappa shape index (κ2) is 6.52. The third kappa shape index (κ3) is 3.36. The zero-order valence-electron chi connectivity index (χ0n) is 12.6. The smallest absolute Gasteiger partial charge is 0.322 e. The highest BCUT2D eigenvalue weighted by atomic mass is 16.4. The summed E-state index contributed by atoms with van der Waals surface area (Å²) in [6, 6.07) is 8.79. The van der Waals surface area contributed by atoms with E-state index in [1.54, 1.807) is 0 Å². The second-order valence-electron chi connectivity index (χ2n) is 4.99. The average Bonchev–Trinajstić information content (AvgIpc) is 2.94. The molecule has 0 aliphatic carbocycles. The molecule has 2 aromatic rings. The quantitative estimate of drug-likeness (QED) is 0.876. The van der Waals surface area contributed by atoms with E-state index >= 15 is 0 Å². The minimum atomic E-state index is 0.0719. The van der Waals surface area contributed by atoms with Crippen LogP contribution in [-0.4, -0.2) is 23.8 Å². The van der Waals surface area contributed by atoms with Gasteiger partial charge in [0.05, 0.1) is 6.04 Å². The summed E-state index contributed by atoms with van der Waals surface area (Å²) in [4.78, 5) is 1.89. The SMILES string of the molecule is CCCNC(C)c1nnc(N(C)c2ccc(C)cc2)o1. The Hall–Kier alpha value is -1.88. The van der Waals surface area contributed by atoms with Crippen LogP contribution in [0.5, 0.6) is 0 Å². The van der Waals surface area contributed by atoms with Crippen LogP contribution in [-0.2, 0) is 0 Å². The standard InChI is InChI=1S/C15H22N4O/c1-5-10-16-12(3)14-17-18-15(20-14)19(4)13-8-6-11(2)7-9-13/h6-9,12,16H,5,10H2,1-4H3. The van der Waals surface area contributed by atoms with E-state index in [-0.39, 0.29) is 6.04 Å². The maximum absolute atomic E-state index is 5.73. The zero-order valence-corrected chi connectivity index (χ0v) is 12.6. The molecule has 0 amide bonds. The van der Waals surface area contributed by atoms with Gasteiger partial charge >= 0.3 is 6.01 Å². The van der Waals surface area contributed by atoms with Crippen LogP contribution in [0.2, 0.25) is 0 Å². The van der Waals surface area contributed by atoms with Crippen molar-refractivity contribution in [3.8, 4) is 0 Å². The molecule has 1 aromatic carbocycles. The molecule has 0 bridgehead atoms. The predicted molar refractivity (Wildman–Crippen MR) is 80.2 cm³/mol. The molecule has 1 N–H and O–H groups in total. The maximum atomic E-state index is 5.73. The van der Waals surface area contributed by atoms with Crippen LogP contribution in [0.4, 0.5) is 11.7 Å². The summed E-state index contributed by atoms with van der Waals surface area (Å²) in [5.74, 6) is 0.618. The lowest BCUT2D eigenvalue weighted by atomic mass is 10.2. The van der Waals surface area contributed by atoms with Crippen LogP contribution in [0.25, 0.3) is 0 Å². The van der Waals surface area contributed by atoms with Gasteiger partial charge in [-0.1, -0.05) is 29.7 Å². The molecule has 0 radical (unpaired) electrons. The van der Waals surface area contributed by atoms with Crippen molar-refractivity contribution in [1.82, 2.24) is 15.5 Å². The molecule has 1 unspecified atom stereocenters. The van der Waals surface area contributed by atoms with Gasteiger partial charge in [-0.25, -0.2) is 0 Å². The number of benzene rings is 1. The van der Waals surface area contributed by atoms with E-state index in [0.717, 1.165) is 18.7 Å². The zero-order chi connectivity index (χ0) is 14.5. The van der Waals surface area contributed by atoms with E-state index in [2.05, 4.69) is 41.5 Å². The Morgan fingerprint density at radius 3 is 2.60 bits per heavy atom. The molecule has 0 saturated heterocycles. The monoisotopic (exact) mass is 274 g/mol. The summed E-state index contributed by atoms with van der Waals surface area (Å²) in [7, 11) is 1.92. The van der Waals surface area contributed by atoms with Gasteiger partial charge in [0.1, 0.15) is 0 Å². The van der Waals surface area contributed by atoms with Crippen molar-refractivity contribution in [3.63, 3.8) is 0 Å². The Labute approximate surface area is 120 Å². The first-order valence-electron chi connectivity index (χ1n) is 6.99. The van der Waals surface area contributed by atoms with Crippen LogP contribution < -0.4 is 10.2 Å². The van der Waals surface area contributed by atoms with Crippen molar-refractivity contribution in [2.24, 2.45) is 0 Å². The summed E-state index contributed by atoms with van der Waals surface area (Å²) in [5.41, 5.74) is 2.26. The summed E-state index contributed by atoms with van der Waals surface area (Å²) in [5, 5.41) is 11.6. The summed E-state index contributed by atoms with van der Waals surface area (Å²) in [6.45, 7) is 7.16. The largest absolute Gasteiger partial charge is 0.406 e. The van der Waals surface area contributed by atoms with Crippen LogP contribution >= 0.6 is 0 Å². The van der Waals surface area contributed by atoms with E-state index in [1.165, 1.54) is 5.56 Å². The highest BCUT2D eigenvalue weighted by Gasteiger charge is 2.16. The van der Waals surface area contributed by atoms with Crippen molar-refractivity contribution in [2.75, 3.05) is 18.5 Å². The van der Waals surface area contributed by atoms with Gasteiger partial charge in [-0.2, -0.15) is 0 Å². The fourth-order valence-electron chi connectivity index (χ4n) is 1.86. The Kier molecular flexibility index (Phi) is 4.74. The van der Waals surface area contributed by atoms with Gasteiger partial charge in [-0.3, -0.25) is 4.90 Å². The fraction of sp³-hybridized carbons (Fsp3) is 0.467. The van der Waals surface area contributed by atoms with Gasteiger partial charge in [-0.05, 0) is 38.9 Å². The Bertz CT molecular complexity index is 535. The van der Waals surface area contributed by atoms with Gasteiger partial charge in [-0.15, -0.1) is 5.10 Å². The van der Waals surface area contributed by atoms with Crippen LogP contribution in [0, 0.1) is 6.92 Å². The van der Waals surface area contributed by atoms with Crippen LogP contribution in [0.15, 0.2) is 28.7 Å². The molecule has 1 heterocycles. The Balaban J connectivity index is 2.09. The Morgan fingerprint density at radius 2 is 1.95 bits per heavy atom. The summed E-state index contributed by atoms with van der Waals surface area (Å²) >= 11 is 0. The van der Waals surface area contributed by atoms with Crippen molar-refractivity contribution >= 4 is 11.7 Å². The molecule has 0 aliphatic heterocycles. The fourth-order valence-corrected chi connectivity index (χ4v) is 1.86. The first-order chi connectivity index (χ1) is 9.61. The molecular formula is C15H22N4O. The number of nitrogens with one attached hydrogen (secondary N) is 1. The first-order valence-corrected chi connectivity index (χ1v) is 6.99. The van der Waals surface area contributed by atoms with Crippen LogP contribution in [0.3, 0.4) is 0 Å². The molecule has 2 rings (SSSR count). The second-order valence-corrected chi connectivity index (χ2v) is 4.99. The van der Waals surface area contributed by atoms with Gasteiger partial charge in [0.15, 0.2) is 0 Å². The molecule has 0 aliphatic rings. The average molecular weight is 274 g/mol. The number of hydrogen-bond acceptors (Lipinski definition) is 5. The summed E-state index contributed by atoms with van der Waals surface area (Å²) in [6.07, 6.45) is 1.08. The third-order valence-electron chi connectivity index (χ3n) is 3.21. The normalized spacial score (nSPS) is 12.4. The number of hydrogen-bond donors (Lipinski definition) is 1. The van der Waals surface area contributed by atoms with Crippen LogP contribution in [0.1, 0.15) is 37.8 Å². The van der Waals surface area contributed by atoms with Gasteiger partial charge < -0.3 is 9.73 Å². The minimum absolute atomic E-state index is 0.0719. The first kappa shape index (κ1) is 14.5. The van der Waals surface area contributed by atoms with Gasteiger partial charge in [0.25, 0.3) is 0 Å². The molecule has 0 saturated carbocycles. The predicted octanol–water partition coefficient (Wildman–Crippen LogP) is 3.21. The maximum Gasteiger partial charge on any atom is 0.322 e. The molecule has 1 atom stereocenters. The van der Waals surface area contributed by atoms with Crippen molar-refractivity contribution in [2.45, 2.75) is 33.2 Å². The van der Waals surface area contributed by atoms with E-state index < -0.39 is 0 Å². The lowest BCUT2D eigenvalue weighted by Crippen LogP contribution is -2.19. The van der Waals surface area contributed by atoms with E-state index in [4.69, 9.17) is 4.42 Å². The molecule has 5 heteroatoms. The number of aromatic nitrogens is 2. The highest BCUT2D eigenvalue weighted by molar-refractivity contribution is 5.55. The minimum Gasteiger partial charge on any atom is -0.406 e. The highest BCUT2D eigenvalue weighted by Crippen LogP contribution is 2.24. The topological polar surface area (TPSA) is 54.2 Å². The third-order valence-corrected chi connectivity index (χ3v) is 3.21. The number of rotatable bonds is 6. The van der Waals surface area contributed by atoms with E-state index in [9.17, 15) is 0 Å². The van der Waals surface area contributed by atoms with Crippen molar-refractivity contribution < 1.29 is 4.42 Å². The molecule has 1 aromatic heterocycles. The molecule has 5 nitrogen and oxygen atoms in total. The number of nitrogens with zero attached hydrogens (tertiary/aromatic N) is 3. The molecule has 108 valence electrons.